The van der Waals surface area contributed by atoms with E-state index in [0.29, 0.717) is 21.2 Å². The maximum atomic E-state index is 11.8. The van der Waals surface area contributed by atoms with E-state index in [9.17, 15) is 13.0 Å². The van der Waals surface area contributed by atoms with Gasteiger partial charge in [-0.2, -0.15) is 8.42 Å². The van der Waals surface area contributed by atoms with Crippen molar-refractivity contribution in [2.24, 2.45) is 0 Å². The fourth-order valence-electron chi connectivity index (χ4n) is 2.54. The van der Waals surface area contributed by atoms with E-state index in [1.807, 2.05) is 30.3 Å². The summed E-state index contributed by atoms with van der Waals surface area (Å²) in [7, 11) is -4.38. The fraction of sp³-hybridized carbons (Fsp3) is 0. The van der Waals surface area contributed by atoms with Gasteiger partial charge in [0, 0.05) is 10.0 Å². The van der Waals surface area contributed by atoms with E-state index in [4.69, 9.17) is 23.2 Å². The van der Waals surface area contributed by atoms with Gasteiger partial charge in [0.15, 0.2) is 0 Å². The minimum Gasteiger partial charge on any atom is -0.282 e. The van der Waals surface area contributed by atoms with E-state index in [0.717, 1.165) is 11.1 Å². The highest BCUT2D eigenvalue weighted by Crippen LogP contribution is 2.22. The molecule has 0 bridgehead atoms. The van der Waals surface area contributed by atoms with Crippen molar-refractivity contribution in [1.82, 2.24) is 0 Å². The van der Waals surface area contributed by atoms with Gasteiger partial charge in [-0.05, 0) is 52.6 Å². The van der Waals surface area contributed by atoms with Gasteiger partial charge in [-0.25, -0.2) is 0 Å². The summed E-state index contributed by atoms with van der Waals surface area (Å²) in [6, 6.07) is 19.2. The number of rotatable bonds is 5. The fourth-order valence-corrected chi connectivity index (χ4v) is 3.51. The van der Waals surface area contributed by atoms with Crippen molar-refractivity contribution in [3.63, 3.8) is 0 Å². The van der Waals surface area contributed by atoms with Gasteiger partial charge in [-0.3, -0.25) is 4.55 Å². The van der Waals surface area contributed by atoms with Crippen LogP contribution < -0.4 is 0 Å². The lowest BCUT2D eigenvalue weighted by Crippen LogP contribution is -2.01. The average Bonchev–Trinajstić information content (AvgIpc) is 2.67. The normalized spacial score (nSPS) is 12.1. The third-order valence-corrected chi connectivity index (χ3v) is 5.39. The second kappa shape index (κ2) is 8.76. The lowest BCUT2D eigenvalue weighted by atomic mass is 10.1. The average molecular weight is 431 g/mol. The molecule has 0 amide bonds. The Balaban J connectivity index is 1.91. The summed E-state index contributed by atoms with van der Waals surface area (Å²) in [6.07, 6.45) is 7.00. The van der Waals surface area contributed by atoms with Crippen LogP contribution in [0.3, 0.4) is 0 Å². The van der Waals surface area contributed by atoms with Crippen molar-refractivity contribution >= 4 is 57.6 Å². The van der Waals surface area contributed by atoms with Crippen LogP contribution in [-0.4, -0.2) is 13.0 Å². The molecule has 3 aromatic carbocycles. The van der Waals surface area contributed by atoms with E-state index < -0.39 is 10.1 Å². The number of benzene rings is 3. The summed E-state index contributed by atoms with van der Waals surface area (Å²) < 4.78 is 33.3. The van der Waals surface area contributed by atoms with Gasteiger partial charge in [0.2, 0.25) is 0 Å². The monoisotopic (exact) mass is 430 g/mol. The zero-order chi connectivity index (χ0) is 20.1. The molecule has 0 saturated carbocycles. The Morgan fingerprint density at radius 1 is 0.643 bits per heavy atom. The predicted octanol–water partition coefficient (Wildman–Crippen LogP) is 6.58. The van der Waals surface area contributed by atoms with Crippen molar-refractivity contribution in [2.45, 2.75) is 4.90 Å². The Bertz CT molecular complexity index is 1130. The van der Waals surface area contributed by atoms with Crippen molar-refractivity contribution < 1.29 is 13.0 Å². The van der Waals surface area contributed by atoms with Gasteiger partial charge < -0.3 is 0 Å². The highest BCUT2D eigenvalue weighted by atomic mass is 35.5. The van der Waals surface area contributed by atoms with Crippen LogP contribution in [0, 0.1) is 0 Å². The molecule has 1 N–H and O–H groups in total. The number of hydrogen-bond donors (Lipinski definition) is 1. The van der Waals surface area contributed by atoms with Crippen LogP contribution in [0.2, 0.25) is 10.0 Å². The standard InChI is InChI=1S/C22H16Cl2O3S/c23-20-11-5-16(6-12-20)1-2-18-4-10-19(22(15-18)28(25,26)27)9-3-17-7-13-21(24)14-8-17/h1-15H,(H,25,26,27). The summed E-state index contributed by atoms with van der Waals surface area (Å²) in [4.78, 5) is -0.157. The summed E-state index contributed by atoms with van der Waals surface area (Å²) in [6.45, 7) is 0. The first-order valence-electron chi connectivity index (χ1n) is 8.30. The van der Waals surface area contributed by atoms with Gasteiger partial charge in [-0.1, -0.05) is 83.9 Å². The van der Waals surface area contributed by atoms with E-state index in [2.05, 4.69) is 0 Å². The second-order valence-electron chi connectivity index (χ2n) is 6.04. The molecule has 0 aromatic heterocycles. The molecule has 0 aliphatic heterocycles. The minimum atomic E-state index is -4.38. The smallest absolute Gasteiger partial charge is 0.282 e. The molecular weight excluding hydrogens is 415 g/mol. The molecular formula is C22H16Cl2O3S. The SMILES string of the molecule is O=S(=O)(O)c1cc(C=Cc2ccc(Cl)cc2)ccc1C=Cc1ccc(Cl)cc1. The van der Waals surface area contributed by atoms with Crippen molar-refractivity contribution in [2.75, 3.05) is 0 Å². The molecule has 6 heteroatoms. The zero-order valence-electron chi connectivity index (χ0n) is 14.6. The molecule has 0 atom stereocenters. The van der Waals surface area contributed by atoms with Crippen LogP contribution in [0.4, 0.5) is 0 Å². The summed E-state index contributed by atoms with van der Waals surface area (Å²) >= 11 is 11.7. The molecule has 0 radical (unpaired) electrons. The van der Waals surface area contributed by atoms with Crippen molar-refractivity contribution in [3.05, 3.63) is 99.0 Å². The predicted molar refractivity (Wildman–Crippen MR) is 117 cm³/mol. The Hall–Kier alpha value is -2.37. The first-order valence-corrected chi connectivity index (χ1v) is 10.5. The van der Waals surface area contributed by atoms with Crippen LogP contribution in [0.25, 0.3) is 24.3 Å². The van der Waals surface area contributed by atoms with E-state index in [1.165, 1.54) is 6.07 Å². The van der Waals surface area contributed by atoms with Gasteiger partial charge in [0.05, 0.1) is 0 Å². The Kier molecular flexibility index (Phi) is 6.37. The second-order valence-corrected chi connectivity index (χ2v) is 8.30. The topological polar surface area (TPSA) is 54.4 Å². The Labute approximate surface area is 174 Å². The quantitative estimate of drug-likeness (QED) is 0.367. The number of hydrogen-bond acceptors (Lipinski definition) is 2. The van der Waals surface area contributed by atoms with E-state index >= 15 is 0 Å². The molecule has 3 nitrogen and oxygen atoms in total. The first kappa shape index (κ1) is 20.4. The molecule has 28 heavy (non-hydrogen) atoms. The van der Waals surface area contributed by atoms with Crippen LogP contribution in [0.5, 0.6) is 0 Å². The Morgan fingerprint density at radius 2 is 1.07 bits per heavy atom. The largest absolute Gasteiger partial charge is 0.295 e. The third-order valence-electron chi connectivity index (χ3n) is 3.98. The highest BCUT2D eigenvalue weighted by Gasteiger charge is 2.14. The minimum absolute atomic E-state index is 0.157. The summed E-state index contributed by atoms with van der Waals surface area (Å²) in [5.41, 5.74) is 2.81. The molecule has 0 spiro atoms. The third kappa shape index (κ3) is 5.57. The summed E-state index contributed by atoms with van der Waals surface area (Å²) in [5, 5.41) is 1.26. The van der Waals surface area contributed by atoms with Crippen LogP contribution >= 0.6 is 23.2 Å². The van der Waals surface area contributed by atoms with Gasteiger partial charge in [0.25, 0.3) is 10.1 Å². The van der Waals surface area contributed by atoms with Gasteiger partial charge in [-0.15, -0.1) is 0 Å². The number of halogens is 2. The molecule has 0 saturated heterocycles. The lowest BCUT2D eigenvalue weighted by Gasteiger charge is -2.05. The van der Waals surface area contributed by atoms with Crippen molar-refractivity contribution in [1.29, 1.82) is 0 Å². The maximum absolute atomic E-state index is 11.8. The maximum Gasteiger partial charge on any atom is 0.295 e. The molecule has 0 aliphatic carbocycles. The molecule has 3 aromatic rings. The molecule has 0 unspecified atom stereocenters. The van der Waals surface area contributed by atoms with Crippen LogP contribution in [0.15, 0.2) is 71.6 Å². The van der Waals surface area contributed by atoms with E-state index in [-0.39, 0.29) is 4.90 Å². The molecule has 0 heterocycles. The highest BCUT2D eigenvalue weighted by molar-refractivity contribution is 7.86. The molecule has 0 fully saturated rings. The lowest BCUT2D eigenvalue weighted by molar-refractivity contribution is 0.483. The first-order chi connectivity index (χ1) is 13.3. The van der Waals surface area contributed by atoms with Crippen LogP contribution in [-0.2, 0) is 10.1 Å². The van der Waals surface area contributed by atoms with Gasteiger partial charge in [0.1, 0.15) is 4.90 Å². The molecule has 0 aliphatic rings. The van der Waals surface area contributed by atoms with Gasteiger partial charge >= 0.3 is 0 Å². The van der Waals surface area contributed by atoms with E-state index in [1.54, 1.807) is 54.6 Å². The molecule has 142 valence electrons. The van der Waals surface area contributed by atoms with Crippen molar-refractivity contribution in [3.8, 4) is 0 Å². The molecule has 3 rings (SSSR count). The Morgan fingerprint density at radius 3 is 1.57 bits per heavy atom. The zero-order valence-corrected chi connectivity index (χ0v) is 16.9. The summed E-state index contributed by atoms with van der Waals surface area (Å²) in [5.74, 6) is 0. The van der Waals surface area contributed by atoms with Crippen LogP contribution in [0.1, 0.15) is 22.3 Å².